The molecule has 0 fully saturated rings. The maximum atomic E-state index is 13.3. The second-order valence-corrected chi connectivity index (χ2v) is 2.84. The minimum atomic E-state index is -3.02. The molecule has 1 aromatic carbocycles. The van der Waals surface area contributed by atoms with Gasteiger partial charge in [-0.3, -0.25) is 0 Å². The van der Waals surface area contributed by atoms with Crippen LogP contribution in [0.4, 0.5) is 8.78 Å². The van der Waals surface area contributed by atoms with E-state index < -0.39 is 12.5 Å². The molecule has 0 radical (unpaired) electrons. The van der Waals surface area contributed by atoms with E-state index in [0.29, 0.717) is 6.61 Å². The van der Waals surface area contributed by atoms with Gasteiger partial charge < -0.3 is 10.5 Å². The fraction of sp³-hybridized carbons (Fsp3) is 0.400. The first-order valence-electron chi connectivity index (χ1n) is 4.42. The lowest BCUT2D eigenvalue weighted by molar-refractivity contribution is 0.00328. The molecule has 0 heterocycles. The van der Waals surface area contributed by atoms with Gasteiger partial charge in [0.25, 0.3) is 5.92 Å². The lowest BCUT2D eigenvalue weighted by Crippen LogP contribution is -2.25. The molecule has 0 saturated carbocycles. The first-order valence-corrected chi connectivity index (χ1v) is 4.42. The highest BCUT2D eigenvalue weighted by Gasteiger charge is 2.32. The highest BCUT2D eigenvalue weighted by Crippen LogP contribution is 2.33. The smallest absolute Gasteiger partial charge is 0.288 e. The molecule has 0 aromatic heterocycles. The van der Waals surface area contributed by atoms with Crippen LogP contribution in [0, 0.1) is 0 Å². The molecule has 0 unspecified atom stereocenters. The van der Waals surface area contributed by atoms with Crippen molar-refractivity contribution in [2.75, 3.05) is 13.2 Å². The summed E-state index contributed by atoms with van der Waals surface area (Å²) in [4.78, 5) is 0. The van der Waals surface area contributed by atoms with Gasteiger partial charge in [0.1, 0.15) is 5.75 Å². The van der Waals surface area contributed by atoms with Crippen LogP contribution in [0.15, 0.2) is 24.3 Å². The number of halogens is 2. The third-order valence-electron chi connectivity index (χ3n) is 1.84. The lowest BCUT2D eigenvalue weighted by atomic mass is 10.1. The summed E-state index contributed by atoms with van der Waals surface area (Å²) >= 11 is 0. The Morgan fingerprint density at radius 1 is 1.36 bits per heavy atom. The molecule has 1 rings (SSSR count). The van der Waals surface area contributed by atoms with Gasteiger partial charge in [-0.25, -0.2) is 0 Å². The molecule has 4 heteroatoms. The molecule has 1 aromatic rings. The lowest BCUT2D eigenvalue weighted by Gasteiger charge is -2.17. The number of alkyl halides is 2. The van der Waals surface area contributed by atoms with E-state index in [1.54, 1.807) is 19.1 Å². The van der Waals surface area contributed by atoms with Crippen LogP contribution in [0.2, 0.25) is 0 Å². The number of hydrogen-bond acceptors (Lipinski definition) is 2. The summed E-state index contributed by atoms with van der Waals surface area (Å²) in [5.41, 5.74) is 4.85. The van der Waals surface area contributed by atoms with Crippen molar-refractivity contribution >= 4 is 0 Å². The Morgan fingerprint density at radius 2 is 2.00 bits per heavy atom. The van der Waals surface area contributed by atoms with Crippen LogP contribution in [0.5, 0.6) is 5.75 Å². The van der Waals surface area contributed by atoms with Crippen molar-refractivity contribution in [2.24, 2.45) is 5.73 Å². The van der Waals surface area contributed by atoms with Gasteiger partial charge in [0, 0.05) is 0 Å². The highest BCUT2D eigenvalue weighted by molar-refractivity contribution is 5.36. The molecule has 2 N–H and O–H groups in total. The molecular formula is C10H13F2NO. The van der Waals surface area contributed by atoms with Gasteiger partial charge in [-0.05, 0) is 19.1 Å². The van der Waals surface area contributed by atoms with E-state index in [0.717, 1.165) is 0 Å². The zero-order chi connectivity index (χ0) is 10.6. The quantitative estimate of drug-likeness (QED) is 0.809. The van der Waals surface area contributed by atoms with E-state index in [1.807, 2.05) is 0 Å². The van der Waals surface area contributed by atoms with Crippen LogP contribution in [-0.4, -0.2) is 13.2 Å². The summed E-state index contributed by atoms with van der Waals surface area (Å²) in [5, 5.41) is 0. The molecule has 0 aliphatic rings. The summed E-state index contributed by atoms with van der Waals surface area (Å²) in [6.45, 7) is 1.39. The minimum absolute atomic E-state index is 0.149. The van der Waals surface area contributed by atoms with Crippen molar-refractivity contribution in [1.82, 2.24) is 0 Å². The van der Waals surface area contributed by atoms with Gasteiger partial charge >= 0.3 is 0 Å². The monoisotopic (exact) mass is 201 g/mol. The first-order chi connectivity index (χ1) is 6.61. The molecule has 0 spiro atoms. The minimum Gasteiger partial charge on any atom is -0.493 e. The van der Waals surface area contributed by atoms with Gasteiger partial charge in [-0.15, -0.1) is 0 Å². The number of rotatable bonds is 4. The molecule has 0 amide bonds. The van der Waals surface area contributed by atoms with E-state index >= 15 is 0 Å². The average molecular weight is 201 g/mol. The van der Waals surface area contributed by atoms with Crippen molar-refractivity contribution in [3.05, 3.63) is 29.8 Å². The number of benzene rings is 1. The largest absolute Gasteiger partial charge is 0.493 e. The molecule has 0 bridgehead atoms. The fourth-order valence-corrected chi connectivity index (χ4v) is 1.16. The van der Waals surface area contributed by atoms with Gasteiger partial charge in [0.2, 0.25) is 0 Å². The molecule has 0 aliphatic heterocycles. The van der Waals surface area contributed by atoms with E-state index in [-0.39, 0.29) is 11.3 Å². The second kappa shape index (κ2) is 4.37. The molecule has 0 atom stereocenters. The van der Waals surface area contributed by atoms with Gasteiger partial charge in [0.05, 0.1) is 18.7 Å². The Balaban J connectivity index is 3.06. The van der Waals surface area contributed by atoms with Crippen molar-refractivity contribution in [1.29, 1.82) is 0 Å². The highest BCUT2D eigenvalue weighted by atomic mass is 19.3. The van der Waals surface area contributed by atoms with Crippen LogP contribution in [0.1, 0.15) is 12.5 Å². The Kier molecular flexibility index (Phi) is 3.41. The second-order valence-electron chi connectivity index (χ2n) is 2.84. The Hall–Kier alpha value is -1.16. The zero-order valence-corrected chi connectivity index (χ0v) is 7.97. The number of para-hydroxylation sites is 1. The van der Waals surface area contributed by atoms with Gasteiger partial charge in [-0.2, -0.15) is 8.78 Å². The molecule has 0 aliphatic carbocycles. The summed E-state index contributed by atoms with van der Waals surface area (Å²) < 4.78 is 31.6. The average Bonchev–Trinajstić information content (AvgIpc) is 2.19. The van der Waals surface area contributed by atoms with Gasteiger partial charge in [-0.1, -0.05) is 12.1 Å². The van der Waals surface area contributed by atoms with Crippen LogP contribution in [0.25, 0.3) is 0 Å². The number of ether oxygens (including phenoxy) is 1. The summed E-state index contributed by atoms with van der Waals surface area (Å²) in [5.74, 6) is -2.82. The maximum absolute atomic E-state index is 13.3. The molecular weight excluding hydrogens is 188 g/mol. The SMILES string of the molecule is CCOc1ccccc1C(F)(F)CN. The normalized spacial score (nSPS) is 11.4. The summed E-state index contributed by atoms with van der Waals surface area (Å²) in [6, 6.07) is 6.04. The van der Waals surface area contributed by atoms with Crippen LogP contribution < -0.4 is 10.5 Å². The third-order valence-corrected chi connectivity index (χ3v) is 1.84. The van der Waals surface area contributed by atoms with E-state index in [4.69, 9.17) is 10.5 Å². The standard InChI is InChI=1S/C10H13F2NO/c1-2-14-9-6-4-3-5-8(9)10(11,12)7-13/h3-6H,2,7,13H2,1H3. The van der Waals surface area contributed by atoms with Crippen molar-refractivity contribution in [3.63, 3.8) is 0 Å². The van der Waals surface area contributed by atoms with Crippen molar-refractivity contribution in [3.8, 4) is 5.75 Å². The zero-order valence-electron chi connectivity index (χ0n) is 7.97. The van der Waals surface area contributed by atoms with Crippen molar-refractivity contribution in [2.45, 2.75) is 12.8 Å². The molecule has 0 saturated heterocycles. The van der Waals surface area contributed by atoms with Crippen LogP contribution in [0.3, 0.4) is 0 Å². The molecule has 14 heavy (non-hydrogen) atoms. The van der Waals surface area contributed by atoms with Crippen LogP contribution >= 0.6 is 0 Å². The van der Waals surface area contributed by atoms with Gasteiger partial charge in [0.15, 0.2) is 0 Å². The number of hydrogen-bond donors (Lipinski definition) is 1. The Morgan fingerprint density at radius 3 is 2.57 bits per heavy atom. The Bertz CT molecular complexity index is 302. The predicted octanol–water partition coefficient (Wildman–Crippen LogP) is 2.14. The van der Waals surface area contributed by atoms with Crippen LogP contribution in [-0.2, 0) is 5.92 Å². The van der Waals surface area contributed by atoms with E-state index in [9.17, 15) is 8.78 Å². The topological polar surface area (TPSA) is 35.2 Å². The van der Waals surface area contributed by atoms with Crippen molar-refractivity contribution < 1.29 is 13.5 Å². The van der Waals surface area contributed by atoms with E-state index in [1.165, 1.54) is 12.1 Å². The summed E-state index contributed by atoms with van der Waals surface area (Å²) in [6.07, 6.45) is 0. The number of nitrogens with two attached hydrogens (primary N) is 1. The predicted molar refractivity (Wildman–Crippen MR) is 50.6 cm³/mol. The third kappa shape index (κ3) is 2.20. The molecule has 2 nitrogen and oxygen atoms in total. The first kappa shape index (κ1) is 10.9. The van der Waals surface area contributed by atoms with E-state index in [2.05, 4.69) is 0 Å². The fourth-order valence-electron chi connectivity index (χ4n) is 1.16. The molecule has 78 valence electrons. The Labute approximate surface area is 81.7 Å². The maximum Gasteiger partial charge on any atom is 0.288 e. The summed E-state index contributed by atoms with van der Waals surface area (Å²) in [7, 11) is 0.